The SMILES string of the molecule is C[C@H](NC(=O)[C@@H](C)c1cc2c([nH]c1=O)=C[CH]NC=2C1CC1)c1ccc(F)cc1F. The van der Waals surface area contributed by atoms with Gasteiger partial charge in [-0.05, 0) is 50.8 Å². The molecule has 3 N–H and O–H groups in total. The Morgan fingerprint density at radius 2 is 1.93 bits per heavy atom. The molecule has 0 unspecified atom stereocenters. The summed E-state index contributed by atoms with van der Waals surface area (Å²) in [7, 11) is 0. The molecule has 1 amide bonds. The van der Waals surface area contributed by atoms with Crippen LogP contribution in [0.25, 0.3) is 11.8 Å². The fourth-order valence-electron chi connectivity index (χ4n) is 3.65. The zero-order valence-corrected chi connectivity index (χ0v) is 16.2. The van der Waals surface area contributed by atoms with Crippen molar-refractivity contribution in [2.24, 2.45) is 5.92 Å². The lowest BCUT2D eigenvalue weighted by Crippen LogP contribution is -2.44. The van der Waals surface area contributed by atoms with Gasteiger partial charge in [-0.3, -0.25) is 9.59 Å². The van der Waals surface area contributed by atoms with Crippen molar-refractivity contribution in [1.29, 1.82) is 0 Å². The van der Waals surface area contributed by atoms with Crippen LogP contribution in [0.1, 0.15) is 49.8 Å². The second kappa shape index (κ2) is 7.46. The standard InChI is InChI=1S/C22H22F2N3O2/c1-11(21(28)26-12(2)15-6-5-14(23)9-18(15)24)16-10-17-19(27-22(16)29)7-8-25-20(17)13-3-4-13/h5-13,25H,3-4H2,1-2H3,(H,26,28)(H,27,29)/t11-,12-/m0/s1. The molecular formula is C22H22F2N3O2. The predicted molar refractivity (Wildman–Crippen MR) is 106 cm³/mol. The number of hydrogen-bond donors (Lipinski definition) is 3. The van der Waals surface area contributed by atoms with Crippen LogP contribution >= 0.6 is 0 Å². The summed E-state index contributed by atoms with van der Waals surface area (Å²) in [6, 6.07) is 4.34. The Labute approximate surface area is 166 Å². The van der Waals surface area contributed by atoms with E-state index in [4.69, 9.17) is 0 Å². The molecule has 1 aliphatic heterocycles. The smallest absolute Gasteiger partial charge is 0.252 e. The van der Waals surface area contributed by atoms with E-state index < -0.39 is 29.5 Å². The number of aromatic amines is 1. The highest BCUT2D eigenvalue weighted by atomic mass is 19.1. The van der Waals surface area contributed by atoms with Gasteiger partial charge in [0.15, 0.2) is 0 Å². The molecule has 1 aromatic heterocycles. The summed E-state index contributed by atoms with van der Waals surface area (Å²) >= 11 is 0. The quantitative estimate of drug-likeness (QED) is 0.718. The molecule has 0 bridgehead atoms. The normalized spacial score (nSPS) is 17.6. The number of fused-ring (bicyclic) bond motifs is 1. The lowest BCUT2D eigenvalue weighted by atomic mass is 9.98. The van der Waals surface area contributed by atoms with Crippen molar-refractivity contribution in [3.8, 4) is 0 Å². The highest BCUT2D eigenvalue weighted by molar-refractivity contribution is 5.83. The summed E-state index contributed by atoms with van der Waals surface area (Å²) in [6.07, 6.45) is 4.00. The van der Waals surface area contributed by atoms with Crippen molar-refractivity contribution in [3.63, 3.8) is 0 Å². The number of pyridine rings is 1. The van der Waals surface area contributed by atoms with Crippen molar-refractivity contribution in [3.05, 3.63) is 74.5 Å². The number of aromatic nitrogens is 1. The first kappa shape index (κ1) is 19.4. The Kier molecular flexibility index (Phi) is 4.98. The Bertz CT molecular complexity index is 1150. The maximum atomic E-state index is 14.0. The summed E-state index contributed by atoms with van der Waals surface area (Å²) in [5.74, 6) is -2.09. The minimum Gasteiger partial charge on any atom is -0.379 e. The number of amides is 1. The summed E-state index contributed by atoms with van der Waals surface area (Å²) in [5.41, 5.74) is 1.27. The largest absolute Gasteiger partial charge is 0.379 e. The third-order valence-electron chi connectivity index (χ3n) is 5.51. The molecule has 1 aromatic carbocycles. The van der Waals surface area contributed by atoms with E-state index in [2.05, 4.69) is 15.6 Å². The van der Waals surface area contributed by atoms with E-state index in [1.165, 1.54) is 6.07 Å². The Balaban J connectivity index is 1.62. The molecular weight excluding hydrogens is 376 g/mol. The lowest BCUT2D eigenvalue weighted by Gasteiger charge is -2.19. The highest BCUT2D eigenvalue weighted by Crippen LogP contribution is 2.35. The van der Waals surface area contributed by atoms with Crippen LogP contribution in [0, 0.1) is 24.1 Å². The second-order valence-electron chi connectivity index (χ2n) is 7.66. The molecule has 0 saturated heterocycles. The molecule has 2 atom stereocenters. The molecule has 1 fully saturated rings. The average molecular weight is 398 g/mol. The summed E-state index contributed by atoms with van der Waals surface area (Å²) in [4.78, 5) is 28.2. The van der Waals surface area contributed by atoms with E-state index in [1.807, 2.05) is 0 Å². The summed E-state index contributed by atoms with van der Waals surface area (Å²) in [6.45, 7) is 5.06. The fourth-order valence-corrected chi connectivity index (χ4v) is 3.65. The molecule has 2 aromatic rings. The van der Waals surface area contributed by atoms with Gasteiger partial charge in [-0.25, -0.2) is 8.78 Å². The number of carbonyl (C=O) groups is 1. The van der Waals surface area contributed by atoms with E-state index in [-0.39, 0.29) is 11.1 Å². The number of benzene rings is 1. The number of carbonyl (C=O) groups excluding carboxylic acids is 1. The van der Waals surface area contributed by atoms with Crippen LogP contribution in [-0.4, -0.2) is 10.9 Å². The third kappa shape index (κ3) is 3.81. The average Bonchev–Trinajstić information content (AvgIpc) is 3.51. The Hall–Kier alpha value is -2.96. The molecule has 4 rings (SSSR count). The summed E-state index contributed by atoms with van der Waals surface area (Å²) in [5, 5.41) is 7.61. The maximum Gasteiger partial charge on any atom is 0.252 e. The fraction of sp³-hybridized carbons (Fsp3) is 0.318. The number of hydrogen-bond acceptors (Lipinski definition) is 3. The van der Waals surface area contributed by atoms with Crippen LogP contribution < -0.4 is 26.8 Å². The molecule has 1 aliphatic carbocycles. The Morgan fingerprint density at radius 3 is 2.62 bits per heavy atom. The summed E-state index contributed by atoms with van der Waals surface area (Å²) < 4.78 is 27.1. The molecule has 2 heterocycles. The molecule has 7 heteroatoms. The van der Waals surface area contributed by atoms with Crippen molar-refractivity contribution in [2.75, 3.05) is 0 Å². The van der Waals surface area contributed by atoms with Gasteiger partial charge in [0.1, 0.15) is 11.6 Å². The van der Waals surface area contributed by atoms with Crippen molar-refractivity contribution in [2.45, 2.75) is 38.6 Å². The highest BCUT2D eigenvalue weighted by Gasteiger charge is 2.28. The molecule has 1 saturated carbocycles. The van der Waals surface area contributed by atoms with E-state index in [0.717, 1.165) is 41.2 Å². The van der Waals surface area contributed by atoms with Crippen LogP contribution in [0.4, 0.5) is 8.78 Å². The van der Waals surface area contributed by atoms with Gasteiger partial charge in [-0.1, -0.05) is 6.07 Å². The first-order valence-electron chi connectivity index (χ1n) is 9.68. The van der Waals surface area contributed by atoms with Gasteiger partial charge in [-0.15, -0.1) is 0 Å². The number of rotatable bonds is 5. The molecule has 151 valence electrons. The first-order valence-corrected chi connectivity index (χ1v) is 9.68. The minimum absolute atomic E-state index is 0.185. The van der Waals surface area contributed by atoms with E-state index in [9.17, 15) is 18.4 Å². The van der Waals surface area contributed by atoms with E-state index >= 15 is 0 Å². The van der Waals surface area contributed by atoms with Crippen LogP contribution in [0.2, 0.25) is 0 Å². The van der Waals surface area contributed by atoms with Gasteiger partial charge < -0.3 is 15.6 Å². The molecule has 2 aliphatic rings. The van der Waals surface area contributed by atoms with Gasteiger partial charge in [-0.2, -0.15) is 0 Å². The predicted octanol–water partition coefficient (Wildman–Crippen LogP) is 1.70. The first-order chi connectivity index (χ1) is 13.8. The molecule has 5 nitrogen and oxygen atoms in total. The third-order valence-corrected chi connectivity index (χ3v) is 5.51. The van der Waals surface area contributed by atoms with Crippen LogP contribution in [-0.2, 0) is 4.79 Å². The topological polar surface area (TPSA) is 74.0 Å². The van der Waals surface area contributed by atoms with E-state index in [0.29, 0.717) is 11.5 Å². The lowest BCUT2D eigenvalue weighted by molar-refractivity contribution is -0.122. The van der Waals surface area contributed by atoms with Crippen molar-refractivity contribution in [1.82, 2.24) is 15.6 Å². The minimum atomic E-state index is -0.735. The zero-order valence-electron chi connectivity index (χ0n) is 16.2. The zero-order chi connectivity index (χ0) is 20.7. The van der Waals surface area contributed by atoms with Crippen molar-refractivity contribution >= 4 is 17.7 Å². The Morgan fingerprint density at radius 1 is 1.17 bits per heavy atom. The van der Waals surface area contributed by atoms with Gasteiger partial charge >= 0.3 is 0 Å². The van der Waals surface area contributed by atoms with Crippen molar-refractivity contribution < 1.29 is 13.6 Å². The maximum absolute atomic E-state index is 14.0. The molecule has 29 heavy (non-hydrogen) atoms. The van der Waals surface area contributed by atoms with Gasteiger partial charge in [0.05, 0.1) is 18.5 Å². The van der Waals surface area contributed by atoms with E-state index in [1.54, 1.807) is 32.5 Å². The van der Waals surface area contributed by atoms with Crippen LogP contribution in [0.5, 0.6) is 0 Å². The van der Waals surface area contributed by atoms with Gasteiger partial charge in [0, 0.05) is 33.5 Å². The molecule has 1 radical (unpaired) electrons. The van der Waals surface area contributed by atoms with Gasteiger partial charge in [0.2, 0.25) is 5.91 Å². The number of nitrogens with one attached hydrogen (secondary N) is 3. The van der Waals surface area contributed by atoms with Crippen LogP contribution in [0.3, 0.4) is 0 Å². The monoisotopic (exact) mass is 398 g/mol. The van der Waals surface area contributed by atoms with Crippen LogP contribution in [0.15, 0.2) is 29.1 Å². The van der Waals surface area contributed by atoms with Gasteiger partial charge in [0.25, 0.3) is 5.56 Å². The number of halogens is 2. The number of H-pyrrole nitrogens is 1. The second-order valence-corrected chi connectivity index (χ2v) is 7.66. The molecule has 0 spiro atoms.